The van der Waals surface area contributed by atoms with Crippen molar-refractivity contribution in [3.8, 4) is 11.3 Å². The Balaban J connectivity index is 1.60. The fourth-order valence-corrected chi connectivity index (χ4v) is 3.92. The number of furan rings is 1. The van der Waals surface area contributed by atoms with Gasteiger partial charge in [-0.25, -0.2) is 9.67 Å². The minimum absolute atomic E-state index is 0.224. The first kappa shape index (κ1) is 20.0. The number of hydrogen-bond donors (Lipinski definition) is 1. The summed E-state index contributed by atoms with van der Waals surface area (Å²) < 4.78 is 7.20. The number of amides is 1. The van der Waals surface area contributed by atoms with Crippen molar-refractivity contribution in [2.75, 3.05) is 11.6 Å². The van der Waals surface area contributed by atoms with Crippen LogP contribution in [0.2, 0.25) is 0 Å². The van der Waals surface area contributed by atoms with Gasteiger partial charge >= 0.3 is 0 Å². The van der Waals surface area contributed by atoms with E-state index in [1.165, 1.54) is 0 Å². The molecule has 5 rings (SSSR count). The number of hydrogen-bond acceptors (Lipinski definition) is 6. The van der Waals surface area contributed by atoms with Crippen molar-refractivity contribution >= 4 is 34.4 Å². The van der Waals surface area contributed by atoms with E-state index in [4.69, 9.17) is 9.40 Å². The number of benzene rings is 1. The largest absolute Gasteiger partial charge is 0.467 e. The second-order valence-corrected chi connectivity index (χ2v) is 7.98. The molecule has 0 fully saturated rings. The highest BCUT2D eigenvalue weighted by Gasteiger charge is 2.18. The summed E-state index contributed by atoms with van der Waals surface area (Å²) in [5.41, 5.74) is 3.30. The fraction of sp³-hybridized carbons (Fsp3) is 0.0833. The average Bonchev–Trinajstić information content (AvgIpc) is 3.49. The quantitative estimate of drug-likeness (QED) is 0.369. The monoisotopic (exact) mass is 441 g/mol. The maximum absolute atomic E-state index is 13.3. The molecule has 0 aliphatic rings. The lowest BCUT2D eigenvalue weighted by molar-refractivity contribution is 0.102. The van der Waals surface area contributed by atoms with Crippen LogP contribution in [0.3, 0.4) is 0 Å². The summed E-state index contributed by atoms with van der Waals surface area (Å²) in [6.45, 7) is 0.414. The van der Waals surface area contributed by atoms with E-state index >= 15 is 0 Å². The van der Waals surface area contributed by atoms with E-state index < -0.39 is 0 Å². The average molecular weight is 442 g/mol. The molecule has 32 heavy (non-hydrogen) atoms. The number of carbonyl (C=O) groups excluding carboxylic acids is 1. The maximum atomic E-state index is 13.3. The summed E-state index contributed by atoms with van der Waals surface area (Å²) in [7, 11) is 0. The summed E-state index contributed by atoms with van der Waals surface area (Å²) in [5, 5.41) is 8.15. The smallest absolute Gasteiger partial charge is 0.256 e. The van der Waals surface area contributed by atoms with Gasteiger partial charge in [-0.3, -0.25) is 9.78 Å². The molecular weight excluding hydrogens is 422 g/mol. The van der Waals surface area contributed by atoms with Crippen molar-refractivity contribution in [1.82, 2.24) is 19.7 Å². The summed E-state index contributed by atoms with van der Waals surface area (Å²) in [4.78, 5) is 23.4. The van der Waals surface area contributed by atoms with Gasteiger partial charge in [0.25, 0.3) is 5.91 Å². The normalized spacial score (nSPS) is 11.0. The molecule has 0 radical (unpaired) electrons. The van der Waals surface area contributed by atoms with Crippen LogP contribution in [0.15, 0.2) is 88.8 Å². The van der Waals surface area contributed by atoms with E-state index in [-0.39, 0.29) is 5.91 Å². The van der Waals surface area contributed by atoms with E-state index in [0.717, 1.165) is 21.9 Å². The summed E-state index contributed by atoms with van der Waals surface area (Å²) in [6.07, 6.45) is 8.73. The molecule has 0 aliphatic heterocycles. The molecule has 0 spiro atoms. The summed E-state index contributed by atoms with van der Waals surface area (Å²) in [5.74, 6) is 0.529. The van der Waals surface area contributed by atoms with E-state index in [1.54, 1.807) is 47.4 Å². The Hall–Kier alpha value is -3.91. The fourth-order valence-electron chi connectivity index (χ4n) is 3.46. The number of anilines is 1. The van der Waals surface area contributed by atoms with E-state index in [2.05, 4.69) is 15.4 Å². The predicted molar refractivity (Wildman–Crippen MR) is 125 cm³/mol. The maximum Gasteiger partial charge on any atom is 0.256 e. The number of nitrogens with zero attached hydrogens (tertiary/aromatic N) is 4. The molecule has 7 nitrogen and oxygen atoms in total. The lowest BCUT2D eigenvalue weighted by Crippen LogP contribution is -2.13. The molecule has 4 heterocycles. The van der Waals surface area contributed by atoms with E-state index in [1.807, 2.05) is 54.8 Å². The SMILES string of the molecule is CSc1cccc(NC(=O)c2cc(-c3cccnc3)nc3c2cnn3Cc2ccco2)c1. The Kier molecular flexibility index (Phi) is 5.43. The third-order valence-electron chi connectivity index (χ3n) is 5.02. The van der Waals surface area contributed by atoms with Gasteiger partial charge in [-0.2, -0.15) is 5.10 Å². The second kappa shape index (κ2) is 8.68. The molecule has 4 aromatic heterocycles. The topological polar surface area (TPSA) is 85.8 Å². The van der Waals surface area contributed by atoms with Crippen LogP contribution in [-0.2, 0) is 6.54 Å². The number of thioether (sulfide) groups is 1. The molecule has 0 unspecified atom stereocenters. The van der Waals surface area contributed by atoms with E-state index in [0.29, 0.717) is 28.8 Å². The van der Waals surface area contributed by atoms with Crippen LogP contribution in [0, 0.1) is 0 Å². The van der Waals surface area contributed by atoms with Crippen molar-refractivity contribution in [3.05, 3.63) is 90.8 Å². The van der Waals surface area contributed by atoms with Gasteiger partial charge in [-0.15, -0.1) is 11.8 Å². The Morgan fingerprint density at radius 2 is 2.06 bits per heavy atom. The molecule has 1 N–H and O–H groups in total. The Bertz CT molecular complexity index is 1380. The van der Waals surface area contributed by atoms with Gasteiger partial charge in [0.05, 0.1) is 29.1 Å². The van der Waals surface area contributed by atoms with Crippen LogP contribution in [0.1, 0.15) is 16.1 Å². The highest BCUT2D eigenvalue weighted by atomic mass is 32.2. The van der Waals surface area contributed by atoms with Gasteiger partial charge in [-0.05, 0) is 54.8 Å². The molecule has 0 bridgehead atoms. The highest BCUT2D eigenvalue weighted by molar-refractivity contribution is 7.98. The molecule has 0 saturated heterocycles. The molecule has 158 valence electrons. The minimum Gasteiger partial charge on any atom is -0.467 e. The van der Waals surface area contributed by atoms with Crippen LogP contribution < -0.4 is 5.32 Å². The van der Waals surface area contributed by atoms with Gasteiger partial charge in [0, 0.05) is 28.5 Å². The van der Waals surface area contributed by atoms with Gasteiger partial charge in [0.15, 0.2) is 5.65 Å². The zero-order valence-corrected chi connectivity index (χ0v) is 18.0. The van der Waals surface area contributed by atoms with E-state index in [9.17, 15) is 4.79 Å². The molecule has 0 aliphatic carbocycles. The first-order valence-electron chi connectivity index (χ1n) is 9.96. The number of pyridine rings is 2. The lowest BCUT2D eigenvalue weighted by atomic mass is 10.1. The predicted octanol–water partition coefficient (Wildman–Crippen LogP) is 5.11. The van der Waals surface area contributed by atoms with Crippen LogP contribution >= 0.6 is 11.8 Å². The minimum atomic E-state index is -0.224. The highest BCUT2D eigenvalue weighted by Crippen LogP contribution is 2.26. The third kappa shape index (κ3) is 4.00. The first-order valence-corrected chi connectivity index (χ1v) is 11.2. The molecular formula is C24H19N5O2S. The number of aromatic nitrogens is 4. The standard InChI is InChI=1S/C24H19N5O2S/c1-32-19-8-2-6-17(11-19)27-24(30)20-12-22(16-5-3-9-25-13-16)28-23-21(20)14-26-29(23)15-18-7-4-10-31-18/h2-14H,15H2,1H3,(H,27,30). The summed E-state index contributed by atoms with van der Waals surface area (Å²) in [6, 6.07) is 17.0. The van der Waals surface area contributed by atoms with Crippen LogP contribution in [0.25, 0.3) is 22.3 Å². The Morgan fingerprint density at radius 1 is 1.12 bits per heavy atom. The van der Waals surface area contributed by atoms with Crippen molar-refractivity contribution in [2.45, 2.75) is 11.4 Å². The summed E-state index contributed by atoms with van der Waals surface area (Å²) >= 11 is 1.62. The molecule has 0 atom stereocenters. The number of rotatable bonds is 6. The third-order valence-corrected chi connectivity index (χ3v) is 5.75. The van der Waals surface area contributed by atoms with Gasteiger partial charge in [-0.1, -0.05) is 6.07 Å². The number of carbonyl (C=O) groups is 1. The van der Waals surface area contributed by atoms with Crippen LogP contribution in [0.4, 0.5) is 5.69 Å². The van der Waals surface area contributed by atoms with Crippen molar-refractivity contribution in [1.29, 1.82) is 0 Å². The molecule has 1 aromatic carbocycles. The van der Waals surface area contributed by atoms with Gasteiger partial charge < -0.3 is 9.73 Å². The Morgan fingerprint density at radius 3 is 2.84 bits per heavy atom. The Labute approximate surface area is 188 Å². The lowest BCUT2D eigenvalue weighted by Gasteiger charge is -2.10. The van der Waals surface area contributed by atoms with Crippen molar-refractivity contribution in [3.63, 3.8) is 0 Å². The van der Waals surface area contributed by atoms with Gasteiger partial charge in [0.2, 0.25) is 0 Å². The molecule has 8 heteroatoms. The molecule has 5 aromatic rings. The second-order valence-electron chi connectivity index (χ2n) is 7.10. The molecule has 0 saturated carbocycles. The van der Waals surface area contributed by atoms with Crippen LogP contribution in [-0.4, -0.2) is 31.9 Å². The number of nitrogens with one attached hydrogen (secondary N) is 1. The zero-order chi connectivity index (χ0) is 21.9. The first-order chi connectivity index (χ1) is 15.7. The number of fused-ring (bicyclic) bond motifs is 1. The van der Waals surface area contributed by atoms with Crippen molar-refractivity contribution in [2.24, 2.45) is 0 Å². The van der Waals surface area contributed by atoms with Gasteiger partial charge in [0.1, 0.15) is 12.3 Å². The van der Waals surface area contributed by atoms with Crippen molar-refractivity contribution < 1.29 is 9.21 Å². The van der Waals surface area contributed by atoms with Crippen LogP contribution in [0.5, 0.6) is 0 Å². The zero-order valence-electron chi connectivity index (χ0n) is 17.2. The molecule has 1 amide bonds.